The Hall–Kier alpha value is -1.35. The van der Waals surface area contributed by atoms with E-state index >= 15 is 0 Å². The van der Waals surface area contributed by atoms with E-state index in [0.29, 0.717) is 5.56 Å². The van der Waals surface area contributed by atoms with E-state index in [1.54, 1.807) is 12.1 Å². The van der Waals surface area contributed by atoms with Crippen molar-refractivity contribution in [3.8, 4) is 0 Å². The van der Waals surface area contributed by atoms with Crippen LogP contribution in [0.4, 0.5) is 0 Å². The molecular weight excluding hydrogens is 295 g/mol. The highest BCUT2D eigenvalue weighted by molar-refractivity contribution is 6.30. The highest BCUT2D eigenvalue weighted by Crippen LogP contribution is 2.12. The molecule has 0 bridgehead atoms. The van der Waals surface area contributed by atoms with Crippen LogP contribution in [0.25, 0.3) is 0 Å². The first kappa shape index (κ1) is 16.7. The average molecular weight is 311 g/mol. The number of carbonyl (C=O) groups is 1. The summed E-state index contributed by atoms with van der Waals surface area (Å²) in [5.41, 5.74) is 1.55. The van der Waals surface area contributed by atoms with Crippen LogP contribution in [-0.2, 0) is 0 Å². The first-order valence-electron chi connectivity index (χ1n) is 6.12. The van der Waals surface area contributed by atoms with Crippen LogP contribution in [0.2, 0.25) is 0 Å². The zero-order valence-corrected chi connectivity index (χ0v) is 12.4. The van der Waals surface area contributed by atoms with Gasteiger partial charge in [0, 0.05) is 5.56 Å². The lowest BCUT2D eigenvalue weighted by Crippen LogP contribution is -1.98. The zero-order chi connectivity index (χ0) is 14.8. The first-order chi connectivity index (χ1) is 9.69. The number of hydrogen-bond donors (Lipinski definition) is 1. The molecule has 2 aromatic carbocycles. The summed E-state index contributed by atoms with van der Waals surface area (Å²) < 4.78 is 0. The third-order valence-electron chi connectivity index (χ3n) is 2.55. The summed E-state index contributed by atoms with van der Waals surface area (Å²) in [6.07, 6.45) is -0.525. The van der Waals surface area contributed by atoms with Gasteiger partial charge in [0.1, 0.15) is 0 Å². The van der Waals surface area contributed by atoms with Crippen molar-refractivity contribution >= 4 is 29.0 Å². The van der Waals surface area contributed by atoms with Gasteiger partial charge in [-0.05, 0) is 5.56 Å². The minimum atomic E-state index is -0.525. The predicted molar refractivity (Wildman–Crippen MR) is 83.6 cm³/mol. The van der Waals surface area contributed by atoms with E-state index in [-0.39, 0.29) is 17.5 Å². The lowest BCUT2D eigenvalue weighted by Gasteiger charge is -2.04. The number of ketones is 1. The van der Waals surface area contributed by atoms with Crippen LogP contribution < -0.4 is 0 Å². The molecule has 0 amide bonds. The standard InChI is InChI=1S/C8H9ClO.C8H7ClO/c2*9-6-8(10)7-4-2-1-3-5-7/h1-5,8,10H,6H2;1-5H,6H2. The number of alkyl halides is 2. The quantitative estimate of drug-likeness (QED) is 0.683. The topological polar surface area (TPSA) is 37.3 Å². The molecule has 0 saturated heterocycles. The van der Waals surface area contributed by atoms with E-state index in [1.807, 2.05) is 48.5 Å². The van der Waals surface area contributed by atoms with Crippen molar-refractivity contribution < 1.29 is 9.90 Å². The maximum atomic E-state index is 10.9. The second-order valence-corrected chi connectivity index (χ2v) is 4.58. The van der Waals surface area contributed by atoms with Crippen LogP contribution in [0.15, 0.2) is 60.7 Å². The maximum Gasteiger partial charge on any atom is 0.177 e. The lowest BCUT2D eigenvalue weighted by atomic mass is 10.1. The van der Waals surface area contributed by atoms with Gasteiger partial charge in [0.15, 0.2) is 5.78 Å². The lowest BCUT2D eigenvalue weighted by molar-refractivity contribution is 0.102. The second kappa shape index (κ2) is 9.54. The highest BCUT2D eigenvalue weighted by atomic mass is 35.5. The molecule has 0 aliphatic rings. The van der Waals surface area contributed by atoms with Crippen molar-refractivity contribution in [2.45, 2.75) is 6.10 Å². The number of carbonyl (C=O) groups excluding carboxylic acids is 1. The summed E-state index contributed by atoms with van der Waals surface area (Å²) in [5, 5.41) is 9.20. The molecule has 0 spiro atoms. The fourth-order valence-electron chi connectivity index (χ4n) is 1.47. The van der Waals surface area contributed by atoms with Gasteiger partial charge in [-0.2, -0.15) is 0 Å². The Kier molecular flexibility index (Phi) is 7.97. The molecule has 0 saturated carbocycles. The largest absolute Gasteiger partial charge is 0.387 e. The Morgan fingerprint density at radius 1 is 0.950 bits per heavy atom. The van der Waals surface area contributed by atoms with Crippen LogP contribution >= 0.6 is 23.2 Å². The number of halogens is 2. The normalized spacial score (nSPS) is 11.2. The predicted octanol–water partition coefficient (Wildman–Crippen LogP) is 4.07. The van der Waals surface area contributed by atoms with Gasteiger partial charge < -0.3 is 5.11 Å². The van der Waals surface area contributed by atoms with Gasteiger partial charge in [-0.15, -0.1) is 23.2 Å². The molecule has 4 heteroatoms. The number of aliphatic hydroxyl groups excluding tert-OH is 1. The Labute approximate surface area is 129 Å². The number of rotatable bonds is 4. The van der Waals surface area contributed by atoms with Crippen molar-refractivity contribution in [2.24, 2.45) is 0 Å². The monoisotopic (exact) mass is 310 g/mol. The van der Waals surface area contributed by atoms with E-state index in [2.05, 4.69) is 0 Å². The number of hydrogen-bond acceptors (Lipinski definition) is 2. The number of benzene rings is 2. The van der Waals surface area contributed by atoms with E-state index < -0.39 is 6.10 Å². The summed E-state index contributed by atoms with van der Waals surface area (Å²) in [6.45, 7) is 0. The van der Waals surface area contributed by atoms with Crippen LogP contribution in [0.1, 0.15) is 22.0 Å². The van der Waals surface area contributed by atoms with E-state index in [1.165, 1.54) is 0 Å². The number of Topliss-reactive ketones (excluding diaryl/α,β-unsaturated/α-hetero) is 1. The molecule has 20 heavy (non-hydrogen) atoms. The van der Waals surface area contributed by atoms with Gasteiger partial charge in [-0.3, -0.25) is 4.79 Å². The molecular formula is C16H16Cl2O2. The summed E-state index contributed by atoms with van der Waals surface area (Å²) in [5.74, 6) is 0.288. The minimum Gasteiger partial charge on any atom is -0.387 e. The fraction of sp³-hybridized carbons (Fsp3) is 0.188. The Morgan fingerprint density at radius 3 is 1.90 bits per heavy atom. The maximum absolute atomic E-state index is 10.9. The molecule has 2 aromatic rings. The summed E-state index contributed by atoms with van der Waals surface area (Å²) >= 11 is 10.8. The van der Waals surface area contributed by atoms with Gasteiger partial charge >= 0.3 is 0 Å². The third-order valence-corrected chi connectivity index (χ3v) is 3.08. The molecule has 0 aromatic heterocycles. The van der Waals surface area contributed by atoms with Crippen molar-refractivity contribution in [1.82, 2.24) is 0 Å². The van der Waals surface area contributed by atoms with Gasteiger partial charge in [-0.25, -0.2) is 0 Å². The van der Waals surface area contributed by atoms with Crippen molar-refractivity contribution in [3.63, 3.8) is 0 Å². The van der Waals surface area contributed by atoms with Gasteiger partial charge in [0.05, 0.1) is 17.9 Å². The van der Waals surface area contributed by atoms with Crippen molar-refractivity contribution in [3.05, 3.63) is 71.8 Å². The first-order valence-corrected chi connectivity index (χ1v) is 7.19. The van der Waals surface area contributed by atoms with Crippen LogP contribution in [0, 0.1) is 0 Å². The van der Waals surface area contributed by atoms with Crippen LogP contribution in [0.3, 0.4) is 0 Å². The summed E-state index contributed by atoms with van der Waals surface area (Å²) in [7, 11) is 0. The van der Waals surface area contributed by atoms with Crippen LogP contribution in [0.5, 0.6) is 0 Å². The minimum absolute atomic E-state index is 0.0257. The fourth-order valence-corrected chi connectivity index (χ4v) is 1.80. The molecule has 0 heterocycles. The molecule has 106 valence electrons. The summed E-state index contributed by atoms with van der Waals surface area (Å²) in [6, 6.07) is 18.4. The molecule has 0 aliphatic carbocycles. The highest BCUT2D eigenvalue weighted by Gasteiger charge is 2.02. The molecule has 0 radical (unpaired) electrons. The van der Waals surface area contributed by atoms with E-state index in [0.717, 1.165) is 5.56 Å². The van der Waals surface area contributed by atoms with Gasteiger partial charge in [0.2, 0.25) is 0 Å². The molecule has 1 N–H and O–H groups in total. The van der Waals surface area contributed by atoms with Crippen LogP contribution in [-0.4, -0.2) is 22.6 Å². The third kappa shape index (κ3) is 5.74. The average Bonchev–Trinajstić information content (AvgIpc) is 2.55. The second-order valence-electron chi connectivity index (χ2n) is 4.00. The Bertz CT molecular complexity index is 500. The molecule has 2 nitrogen and oxygen atoms in total. The SMILES string of the molecule is O=C(CCl)c1ccccc1.OC(CCl)c1ccccc1. The molecule has 0 aliphatic heterocycles. The smallest absolute Gasteiger partial charge is 0.177 e. The Morgan fingerprint density at radius 2 is 1.45 bits per heavy atom. The molecule has 1 atom stereocenters. The van der Waals surface area contributed by atoms with E-state index in [4.69, 9.17) is 23.2 Å². The molecule has 0 fully saturated rings. The summed E-state index contributed by atoms with van der Waals surface area (Å²) in [4.78, 5) is 10.9. The van der Waals surface area contributed by atoms with Gasteiger partial charge in [-0.1, -0.05) is 60.7 Å². The van der Waals surface area contributed by atoms with Gasteiger partial charge in [0.25, 0.3) is 0 Å². The number of aliphatic hydroxyl groups is 1. The van der Waals surface area contributed by atoms with E-state index in [9.17, 15) is 9.90 Å². The molecule has 1 unspecified atom stereocenters. The molecule has 2 rings (SSSR count). The Balaban J connectivity index is 0.000000200. The van der Waals surface area contributed by atoms with Crippen molar-refractivity contribution in [1.29, 1.82) is 0 Å². The van der Waals surface area contributed by atoms with Crippen molar-refractivity contribution in [2.75, 3.05) is 11.8 Å². The zero-order valence-electron chi connectivity index (χ0n) is 10.9.